The first kappa shape index (κ1) is 21.1. The fourth-order valence-electron chi connectivity index (χ4n) is 1.95. The molecule has 7 nitrogen and oxygen atoms in total. The van der Waals surface area contributed by atoms with Crippen molar-refractivity contribution in [2.24, 2.45) is 11.8 Å². The standard InChI is InChI=1S/C17H25NO6S/c1-13(2)11-23-16(19)10-18-17(20)15(12-24-25(3,21)22)9-14-7-5-4-6-8-14/h4-8,13,15H,9-12H2,1-3H3,(H,18,20)/t15-/m0/s1. The number of nitrogens with one attached hydrogen (secondary N) is 1. The molecule has 0 aliphatic carbocycles. The molecule has 1 aromatic carbocycles. The molecule has 140 valence electrons. The fraction of sp³-hybridized carbons (Fsp3) is 0.529. The first-order valence-corrected chi connectivity index (χ1v) is 9.80. The molecule has 0 aliphatic heterocycles. The van der Waals surface area contributed by atoms with Crippen molar-refractivity contribution in [3.8, 4) is 0 Å². The van der Waals surface area contributed by atoms with E-state index in [0.29, 0.717) is 6.42 Å². The van der Waals surface area contributed by atoms with Gasteiger partial charge in [-0.3, -0.25) is 13.8 Å². The molecular weight excluding hydrogens is 346 g/mol. The Balaban J connectivity index is 2.63. The van der Waals surface area contributed by atoms with Gasteiger partial charge >= 0.3 is 5.97 Å². The molecule has 1 atom stereocenters. The van der Waals surface area contributed by atoms with E-state index in [0.717, 1.165) is 11.8 Å². The molecule has 1 rings (SSSR count). The van der Waals surface area contributed by atoms with E-state index in [4.69, 9.17) is 8.92 Å². The van der Waals surface area contributed by atoms with Crippen LogP contribution < -0.4 is 5.32 Å². The van der Waals surface area contributed by atoms with Gasteiger partial charge in [0.2, 0.25) is 5.91 Å². The highest BCUT2D eigenvalue weighted by molar-refractivity contribution is 7.85. The van der Waals surface area contributed by atoms with E-state index in [-0.39, 0.29) is 25.7 Å². The van der Waals surface area contributed by atoms with Gasteiger partial charge in [0.1, 0.15) is 6.54 Å². The zero-order chi connectivity index (χ0) is 18.9. The molecule has 8 heteroatoms. The summed E-state index contributed by atoms with van der Waals surface area (Å²) in [6.45, 7) is 3.53. The van der Waals surface area contributed by atoms with Crippen molar-refractivity contribution < 1.29 is 26.9 Å². The number of benzene rings is 1. The second-order valence-electron chi connectivity index (χ2n) is 6.17. The van der Waals surface area contributed by atoms with E-state index >= 15 is 0 Å². The highest BCUT2D eigenvalue weighted by Crippen LogP contribution is 2.11. The zero-order valence-electron chi connectivity index (χ0n) is 14.7. The second-order valence-corrected chi connectivity index (χ2v) is 7.81. The topological polar surface area (TPSA) is 98.8 Å². The minimum atomic E-state index is -3.67. The highest BCUT2D eigenvalue weighted by atomic mass is 32.2. The van der Waals surface area contributed by atoms with Crippen LogP contribution in [0.1, 0.15) is 19.4 Å². The molecule has 0 heterocycles. The molecule has 0 radical (unpaired) electrons. The number of ether oxygens (including phenoxy) is 1. The normalized spacial score (nSPS) is 12.6. The predicted octanol–water partition coefficient (Wildman–Crippen LogP) is 1.14. The van der Waals surface area contributed by atoms with Crippen LogP contribution in [0.4, 0.5) is 0 Å². The molecule has 0 spiro atoms. The lowest BCUT2D eigenvalue weighted by Crippen LogP contribution is -2.38. The second kappa shape index (κ2) is 10.1. The van der Waals surface area contributed by atoms with E-state index in [1.165, 1.54) is 0 Å². The molecule has 0 aromatic heterocycles. The van der Waals surface area contributed by atoms with Gasteiger partial charge in [0, 0.05) is 0 Å². The molecule has 1 amide bonds. The quantitative estimate of drug-likeness (QED) is 0.489. The third-order valence-corrected chi connectivity index (χ3v) is 3.73. The van der Waals surface area contributed by atoms with Crippen molar-refractivity contribution in [2.45, 2.75) is 20.3 Å². The van der Waals surface area contributed by atoms with Gasteiger partial charge in [0.25, 0.3) is 10.1 Å². The Bertz CT molecular complexity index is 657. The van der Waals surface area contributed by atoms with E-state index < -0.39 is 27.9 Å². The summed E-state index contributed by atoms with van der Waals surface area (Å²) in [5.41, 5.74) is 0.863. The summed E-state index contributed by atoms with van der Waals surface area (Å²) in [5, 5.41) is 2.47. The summed E-state index contributed by atoms with van der Waals surface area (Å²) in [7, 11) is -3.67. The summed E-state index contributed by atoms with van der Waals surface area (Å²) in [6, 6.07) is 9.15. The maximum Gasteiger partial charge on any atom is 0.325 e. The summed E-state index contributed by atoms with van der Waals surface area (Å²) < 4.78 is 32.1. The third-order valence-electron chi connectivity index (χ3n) is 3.16. The lowest BCUT2D eigenvalue weighted by atomic mass is 9.99. The Morgan fingerprint density at radius 3 is 2.32 bits per heavy atom. The molecule has 25 heavy (non-hydrogen) atoms. The molecule has 0 aliphatic rings. The average Bonchev–Trinajstić information content (AvgIpc) is 2.54. The van der Waals surface area contributed by atoms with E-state index in [1.807, 2.05) is 44.2 Å². The monoisotopic (exact) mass is 371 g/mol. The van der Waals surface area contributed by atoms with Crippen molar-refractivity contribution in [1.82, 2.24) is 5.32 Å². The van der Waals surface area contributed by atoms with Gasteiger partial charge in [-0.1, -0.05) is 44.2 Å². The molecule has 0 bridgehead atoms. The van der Waals surface area contributed by atoms with Crippen LogP contribution in [-0.4, -0.2) is 46.3 Å². The summed E-state index contributed by atoms with van der Waals surface area (Å²) in [6.07, 6.45) is 1.22. The van der Waals surface area contributed by atoms with Gasteiger partial charge in [-0.15, -0.1) is 0 Å². The van der Waals surface area contributed by atoms with Crippen LogP contribution in [0.2, 0.25) is 0 Å². The van der Waals surface area contributed by atoms with Crippen LogP contribution in [0.25, 0.3) is 0 Å². The van der Waals surface area contributed by atoms with Crippen molar-refractivity contribution in [3.05, 3.63) is 35.9 Å². The SMILES string of the molecule is CC(C)COC(=O)CNC(=O)[C@H](COS(C)(=O)=O)Cc1ccccc1. The summed E-state index contributed by atoms with van der Waals surface area (Å²) in [4.78, 5) is 23.9. The lowest BCUT2D eigenvalue weighted by molar-refractivity contribution is -0.145. The van der Waals surface area contributed by atoms with Crippen LogP contribution in [0, 0.1) is 11.8 Å². The van der Waals surface area contributed by atoms with Crippen LogP contribution in [0.15, 0.2) is 30.3 Å². The van der Waals surface area contributed by atoms with Crippen molar-refractivity contribution in [3.63, 3.8) is 0 Å². The number of carbonyl (C=O) groups excluding carboxylic acids is 2. The Morgan fingerprint density at radius 2 is 1.76 bits per heavy atom. The molecule has 0 fully saturated rings. The van der Waals surface area contributed by atoms with Gasteiger partial charge in [-0.2, -0.15) is 8.42 Å². The largest absolute Gasteiger partial charge is 0.464 e. The van der Waals surface area contributed by atoms with Gasteiger partial charge in [-0.25, -0.2) is 0 Å². The smallest absolute Gasteiger partial charge is 0.325 e. The number of hydrogen-bond acceptors (Lipinski definition) is 6. The summed E-state index contributed by atoms with van der Waals surface area (Å²) >= 11 is 0. The minimum Gasteiger partial charge on any atom is -0.464 e. The highest BCUT2D eigenvalue weighted by Gasteiger charge is 2.22. The van der Waals surface area contributed by atoms with Crippen molar-refractivity contribution in [2.75, 3.05) is 26.0 Å². The number of rotatable bonds is 10. The van der Waals surface area contributed by atoms with Crippen molar-refractivity contribution in [1.29, 1.82) is 0 Å². The Hall–Kier alpha value is -1.93. The number of carbonyl (C=O) groups is 2. The minimum absolute atomic E-state index is 0.202. The molecular formula is C17H25NO6S. The van der Waals surface area contributed by atoms with Crippen molar-refractivity contribution >= 4 is 22.0 Å². The van der Waals surface area contributed by atoms with E-state index in [2.05, 4.69) is 5.32 Å². The van der Waals surface area contributed by atoms with Crippen LogP contribution in [0.3, 0.4) is 0 Å². The first-order valence-electron chi connectivity index (χ1n) is 7.99. The fourth-order valence-corrected chi connectivity index (χ4v) is 2.36. The maximum atomic E-state index is 12.3. The van der Waals surface area contributed by atoms with E-state index in [9.17, 15) is 18.0 Å². The maximum absolute atomic E-state index is 12.3. The third kappa shape index (κ3) is 9.83. The Labute approximate surface area is 148 Å². The number of esters is 1. The number of hydrogen-bond donors (Lipinski definition) is 1. The Kier molecular flexibility index (Phi) is 8.57. The van der Waals surface area contributed by atoms with E-state index in [1.54, 1.807) is 0 Å². The van der Waals surface area contributed by atoms with Crippen LogP contribution >= 0.6 is 0 Å². The lowest BCUT2D eigenvalue weighted by Gasteiger charge is -2.16. The zero-order valence-corrected chi connectivity index (χ0v) is 15.5. The van der Waals surface area contributed by atoms with Gasteiger partial charge in [-0.05, 0) is 17.9 Å². The van der Waals surface area contributed by atoms with Gasteiger partial charge in [0.15, 0.2) is 0 Å². The summed E-state index contributed by atoms with van der Waals surface area (Å²) in [5.74, 6) is -1.54. The Morgan fingerprint density at radius 1 is 1.12 bits per heavy atom. The predicted molar refractivity (Wildman–Crippen MR) is 93.2 cm³/mol. The van der Waals surface area contributed by atoms with Crippen LogP contribution in [-0.2, 0) is 35.0 Å². The molecule has 0 saturated heterocycles. The molecule has 0 saturated carbocycles. The molecule has 0 unspecified atom stereocenters. The first-order chi connectivity index (χ1) is 11.7. The molecule has 1 aromatic rings. The average molecular weight is 371 g/mol. The van der Waals surface area contributed by atoms with Crippen LogP contribution in [0.5, 0.6) is 0 Å². The van der Waals surface area contributed by atoms with Gasteiger partial charge in [0.05, 0.1) is 25.4 Å². The van der Waals surface area contributed by atoms with Gasteiger partial charge < -0.3 is 10.1 Å². The molecule has 1 N–H and O–H groups in total. The number of amides is 1.